The monoisotopic (exact) mass is 319 g/mol. The fourth-order valence-electron chi connectivity index (χ4n) is 2.33. The van der Waals surface area contributed by atoms with Crippen molar-refractivity contribution in [2.75, 3.05) is 0 Å². The van der Waals surface area contributed by atoms with E-state index < -0.39 is 0 Å². The molecule has 0 atom stereocenters. The first-order valence-corrected chi connectivity index (χ1v) is 8.70. The zero-order valence-electron chi connectivity index (χ0n) is 14.1. The van der Waals surface area contributed by atoms with E-state index in [4.69, 9.17) is 0 Å². The van der Waals surface area contributed by atoms with Crippen LogP contribution in [0.1, 0.15) is 70.4 Å². The van der Waals surface area contributed by atoms with E-state index in [9.17, 15) is 9.59 Å². The Morgan fingerprint density at radius 3 is 2.22 bits per heavy atom. The van der Waals surface area contributed by atoms with E-state index in [1.165, 1.54) is 38.5 Å². The van der Waals surface area contributed by atoms with Crippen LogP contribution in [0.5, 0.6) is 0 Å². The molecule has 0 bridgehead atoms. The molecular formula is C18H29N3O2. The Morgan fingerprint density at radius 1 is 0.913 bits per heavy atom. The molecule has 2 amide bonds. The van der Waals surface area contributed by atoms with Crippen molar-refractivity contribution in [2.24, 2.45) is 0 Å². The Balaban J connectivity index is 1.98. The molecule has 23 heavy (non-hydrogen) atoms. The molecular weight excluding hydrogens is 290 g/mol. The lowest BCUT2D eigenvalue weighted by molar-refractivity contribution is -0.128. The van der Waals surface area contributed by atoms with Gasteiger partial charge in [-0.1, -0.05) is 57.9 Å². The van der Waals surface area contributed by atoms with Gasteiger partial charge in [-0.15, -0.1) is 0 Å². The molecule has 5 heteroatoms. The number of aromatic nitrogens is 1. The van der Waals surface area contributed by atoms with Gasteiger partial charge in [0.1, 0.15) is 0 Å². The van der Waals surface area contributed by atoms with Crippen molar-refractivity contribution in [1.82, 2.24) is 15.8 Å². The van der Waals surface area contributed by atoms with Crippen LogP contribution in [0.2, 0.25) is 0 Å². The molecule has 0 aromatic carbocycles. The lowest BCUT2D eigenvalue weighted by Gasteiger charge is -2.07. The molecule has 1 rings (SSSR count). The molecule has 0 fully saturated rings. The number of unbranched alkanes of at least 4 members (excludes halogenated alkanes) is 7. The van der Waals surface area contributed by atoms with Crippen LogP contribution in [0.15, 0.2) is 24.4 Å². The van der Waals surface area contributed by atoms with E-state index in [2.05, 4.69) is 22.8 Å². The normalized spacial score (nSPS) is 10.3. The number of nitrogens with one attached hydrogen (secondary N) is 2. The molecule has 0 aliphatic heterocycles. The highest BCUT2D eigenvalue weighted by molar-refractivity contribution is 5.82. The molecule has 0 saturated carbocycles. The van der Waals surface area contributed by atoms with E-state index in [1.54, 1.807) is 18.3 Å². The number of hydrazine groups is 1. The highest BCUT2D eigenvalue weighted by Gasteiger charge is 2.06. The summed E-state index contributed by atoms with van der Waals surface area (Å²) in [5.41, 5.74) is 5.57. The maximum atomic E-state index is 11.7. The average molecular weight is 319 g/mol. The summed E-state index contributed by atoms with van der Waals surface area (Å²) < 4.78 is 0. The maximum absolute atomic E-state index is 11.7. The third-order valence-corrected chi connectivity index (χ3v) is 3.67. The first-order chi connectivity index (χ1) is 11.2. The fourth-order valence-corrected chi connectivity index (χ4v) is 2.33. The minimum Gasteiger partial charge on any atom is -0.273 e. The van der Waals surface area contributed by atoms with Crippen molar-refractivity contribution in [1.29, 1.82) is 0 Å². The summed E-state index contributed by atoms with van der Waals surface area (Å²) in [6.45, 7) is 2.22. The molecule has 1 heterocycles. The molecule has 0 aliphatic carbocycles. The molecule has 0 aliphatic rings. The molecule has 5 nitrogen and oxygen atoms in total. The van der Waals surface area contributed by atoms with Gasteiger partial charge in [-0.2, -0.15) is 0 Å². The van der Waals surface area contributed by atoms with Crippen molar-refractivity contribution >= 4 is 11.8 Å². The van der Waals surface area contributed by atoms with Gasteiger partial charge in [-0.3, -0.25) is 25.4 Å². The lowest BCUT2D eigenvalue weighted by Crippen LogP contribution is -2.42. The number of carbonyl (C=O) groups is 2. The first-order valence-electron chi connectivity index (χ1n) is 8.70. The van der Waals surface area contributed by atoms with Crippen LogP contribution in [0.25, 0.3) is 0 Å². The largest absolute Gasteiger partial charge is 0.273 e. The van der Waals surface area contributed by atoms with Crippen molar-refractivity contribution in [2.45, 2.75) is 71.1 Å². The minimum atomic E-state index is -0.257. The van der Waals surface area contributed by atoms with Crippen LogP contribution >= 0.6 is 0 Å². The molecule has 0 spiro atoms. The summed E-state index contributed by atoms with van der Waals surface area (Å²) in [6, 6.07) is 5.41. The van der Waals surface area contributed by atoms with Crippen molar-refractivity contribution in [3.05, 3.63) is 30.1 Å². The first kappa shape index (κ1) is 19.1. The van der Waals surface area contributed by atoms with Crippen molar-refractivity contribution in [3.8, 4) is 0 Å². The highest BCUT2D eigenvalue weighted by atomic mass is 16.2. The van der Waals surface area contributed by atoms with E-state index in [1.807, 2.05) is 6.07 Å². The fraction of sp³-hybridized carbons (Fsp3) is 0.611. The van der Waals surface area contributed by atoms with Crippen LogP contribution in [0.3, 0.4) is 0 Å². The van der Waals surface area contributed by atoms with Gasteiger partial charge in [0, 0.05) is 18.3 Å². The summed E-state index contributed by atoms with van der Waals surface area (Å²) in [5.74, 6) is -0.390. The lowest BCUT2D eigenvalue weighted by atomic mass is 10.1. The number of carbonyl (C=O) groups excluding carboxylic acids is 2. The van der Waals surface area contributed by atoms with Crippen LogP contribution in [-0.2, 0) is 16.0 Å². The summed E-state index contributed by atoms with van der Waals surface area (Å²) >= 11 is 0. The van der Waals surface area contributed by atoms with E-state index in [0.717, 1.165) is 12.8 Å². The molecule has 1 aromatic rings. The SMILES string of the molecule is CCCCCCCCCCC(=O)NNC(=O)Cc1ccccn1. The van der Waals surface area contributed by atoms with Crippen LogP contribution < -0.4 is 10.9 Å². The summed E-state index contributed by atoms with van der Waals surface area (Å²) in [5, 5.41) is 0. The second-order valence-corrected chi connectivity index (χ2v) is 5.82. The zero-order valence-corrected chi connectivity index (χ0v) is 14.1. The molecule has 2 N–H and O–H groups in total. The van der Waals surface area contributed by atoms with Crippen LogP contribution in [0.4, 0.5) is 0 Å². The molecule has 0 unspecified atom stereocenters. The number of amides is 2. The van der Waals surface area contributed by atoms with E-state index in [0.29, 0.717) is 12.1 Å². The van der Waals surface area contributed by atoms with Gasteiger partial charge in [0.15, 0.2) is 0 Å². The molecule has 128 valence electrons. The summed E-state index contributed by atoms with van der Waals surface area (Å²) in [4.78, 5) is 27.4. The Kier molecular flexibility index (Phi) is 10.5. The summed E-state index contributed by atoms with van der Waals surface area (Å²) in [7, 11) is 0. The van der Waals surface area contributed by atoms with Gasteiger partial charge in [0.2, 0.25) is 11.8 Å². The topological polar surface area (TPSA) is 71.1 Å². The number of hydrogen-bond acceptors (Lipinski definition) is 3. The second-order valence-electron chi connectivity index (χ2n) is 5.82. The smallest absolute Gasteiger partial charge is 0.244 e. The van der Waals surface area contributed by atoms with Crippen LogP contribution in [-0.4, -0.2) is 16.8 Å². The van der Waals surface area contributed by atoms with Crippen LogP contribution in [0, 0.1) is 0 Å². The number of nitrogens with zero attached hydrogens (tertiary/aromatic N) is 1. The van der Waals surface area contributed by atoms with Gasteiger partial charge in [-0.25, -0.2) is 0 Å². The Hall–Kier alpha value is -1.91. The second kappa shape index (κ2) is 12.6. The van der Waals surface area contributed by atoms with Gasteiger partial charge < -0.3 is 0 Å². The van der Waals surface area contributed by atoms with Gasteiger partial charge in [0.25, 0.3) is 0 Å². The molecule has 1 aromatic heterocycles. The van der Waals surface area contributed by atoms with E-state index >= 15 is 0 Å². The van der Waals surface area contributed by atoms with Gasteiger partial charge in [-0.05, 0) is 18.6 Å². The number of hydrogen-bond donors (Lipinski definition) is 2. The third-order valence-electron chi connectivity index (χ3n) is 3.67. The van der Waals surface area contributed by atoms with Crippen molar-refractivity contribution in [3.63, 3.8) is 0 Å². The van der Waals surface area contributed by atoms with Gasteiger partial charge in [0.05, 0.1) is 6.42 Å². The quantitative estimate of drug-likeness (QED) is 0.485. The maximum Gasteiger partial charge on any atom is 0.244 e. The predicted octanol–water partition coefficient (Wildman–Crippen LogP) is 3.30. The highest BCUT2D eigenvalue weighted by Crippen LogP contribution is 2.09. The third kappa shape index (κ3) is 10.4. The summed E-state index contributed by atoms with van der Waals surface area (Å²) in [6.07, 6.45) is 11.8. The zero-order chi connectivity index (χ0) is 16.8. The average Bonchev–Trinajstić information content (AvgIpc) is 2.56. The Bertz CT molecular complexity index is 449. The van der Waals surface area contributed by atoms with E-state index in [-0.39, 0.29) is 18.2 Å². The molecule has 0 radical (unpaired) electrons. The standard InChI is InChI=1S/C18H29N3O2/c1-2-3-4-5-6-7-8-9-13-17(22)20-21-18(23)15-16-12-10-11-14-19-16/h10-12,14H,2-9,13,15H2,1H3,(H,20,22)(H,21,23). The molecule has 0 saturated heterocycles. The number of pyridine rings is 1. The predicted molar refractivity (Wildman–Crippen MR) is 91.5 cm³/mol. The Labute approximate surface area is 139 Å². The minimum absolute atomic E-state index is 0.134. The van der Waals surface area contributed by atoms with Gasteiger partial charge >= 0.3 is 0 Å². The van der Waals surface area contributed by atoms with Crippen molar-refractivity contribution < 1.29 is 9.59 Å². The number of rotatable bonds is 11. The Morgan fingerprint density at radius 2 is 1.57 bits per heavy atom.